The number of halogens is 2. The Hall–Kier alpha value is -0.440. The van der Waals surface area contributed by atoms with E-state index in [1.807, 2.05) is 0 Å². The molecule has 0 radical (unpaired) electrons. The zero-order valence-electron chi connectivity index (χ0n) is 4.19. The maximum atomic E-state index is 12.1. The molecule has 0 aliphatic rings. The van der Waals surface area contributed by atoms with E-state index in [1.54, 1.807) is 0 Å². The van der Waals surface area contributed by atoms with Crippen LogP contribution in [0.25, 0.3) is 0 Å². The molecule has 0 aromatic heterocycles. The van der Waals surface area contributed by atoms with E-state index >= 15 is 0 Å². The molecule has 0 saturated carbocycles. The lowest BCUT2D eigenvalue weighted by atomic mass is 10.7. The van der Waals surface area contributed by atoms with E-state index < -0.39 is 5.97 Å². The summed E-state index contributed by atoms with van der Waals surface area (Å²) in [5.41, 5.74) is 0. The van der Waals surface area contributed by atoms with E-state index in [1.165, 1.54) is 0 Å². The Morgan fingerprint density at radius 2 is 2.25 bits per heavy atom. The highest BCUT2D eigenvalue weighted by molar-refractivity contribution is 9.12. The molecule has 0 amide bonds. The average Bonchev–Trinajstić information content (AvgIpc) is 1.67. The maximum absolute atomic E-state index is 12.1. The van der Waals surface area contributed by atoms with Crippen molar-refractivity contribution >= 4 is 21.9 Å². The fourth-order valence-electron chi connectivity index (χ4n) is 0.150. The van der Waals surface area contributed by atoms with Gasteiger partial charge in [-0.15, -0.1) is 0 Å². The Balaban J connectivity index is 3.99. The van der Waals surface area contributed by atoms with E-state index in [2.05, 4.69) is 34.1 Å². The monoisotopic (exact) mass is 177 g/mol. The summed E-state index contributed by atoms with van der Waals surface area (Å²) in [6, 6.07) is 0. The van der Waals surface area contributed by atoms with Gasteiger partial charge in [0.25, 0.3) is 0 Å². The van der Waals surface area contributed by atoms with Crippen molar-refractivity contribution in [2.45, 2.75) is 0 Å². The summed E-state index contributed by atoms with van der Waals surface area (Å²) >= 11 is 2.79. The molecule has 1 nitrogen and oxygen atoms in total. The maximum Gasteiger partial charge on any atom is 0.226 e. The second kappa shape index (κ2) is 3.55. The van der Waals surface area contributed by atoms with Crippen LogP contribution in [0.3, 0.4) is 0 Å². The first-order chi connectivity index (χ1) is 3.68. The molecule has 0 unspecified atom stereocenters. The quantitative estimate of drug-likeness (QED) is 0.575. The number of allylic oxidation sites excluding steroid dienone is 1. The highest BCUT2D eigenvalue weighted by Crippen LogP contribution is 2.04. The molecule has 3 heteroatoms. The summed E-state index contributed by atoms with van der Waals surface area (Å²) in [4.78, 5) is 3.19. The summed E-state index contributed by atoms with van der Waals surface area (Å²) in [7, 11) is 0. The summed E-state index contributed by atoms with van der Waals surface area (Å²) in [6.07, 6.45) is 1.11. The van der Waals surface area contributed by atoms with Gasteiger partial charge in [-0.25, -0.2) is 4.99 Å². The zero-order chi connectivity index (χ0) is 6.57. The molecule has 0 atom stereocenters. The standard InChI is InChI=1S/C5H5BrFN/c1-3-8-5(7)4(2)6/h3H,1-2H2. The number of rotatable bonds is 2. The highest BCUT2D eigenvalue weighted by Gasteiger charge is 1.93. The van der Waals surface area contributed by atoms with Crippen molar-refractivity contribution in [1.29, 1.82) is 0 Å². The topological polar surface area (TPSA) is 12.4 Å². The molecule has 0 saturated heterocycles. The molecule has 0 aliphatic heterocycles. The second-order valence-corrected chi connectivity index (χ2v) is 1.96. The first-order valence-electron chi connectivity index (χ1n) is 1.87. The van der Waals surface area contributed by atoms with Crippen molar-refractivity contribution in [2.75, 3.05) is 0 Å². The van der Waals surface area contributed by atoms with Gasteiger partial charge in [0, 0.05) is 6.20 Å². The normalized spacial score (nSPS) is 11.0. The number of nitrogens with zero attached hydrogens (tertiary/aromatic N) is 1. The van der Waals surface area contributed by atoms with Gasteiger partial charge in [0.15, 0.2) is 0 Å². The van der Waals surface area contributed by atoms with Crippen LogP contribution in [-0.2, 0) is 0 Å². The minimum atomic E-state index is -0.639. The van der Waals surface area contributed by atoms with Crippen molar-refractivity contribution in [3.05, 3.63) is 23.8 Å². The molecule has 0 fully saturated rings. The third kappa shape index (κ3) is 2.69. The first-order valence-corrected chi connectivity index (χ1v) is 2.66. The van der Waals surface area contributed by atoms with Gasteiger partial charge in [-0.3, -0.25) is 0 Å². The Morgan fingerprint density at radius 3 is 2.38 bits per heavy atom. The van der Waals surface area contributed by atoms with E-state index in [4.69, 9.17) is 0 Å². The molecular formula is C5H5BrFN. The van der Waals surface area contributed by atoms with Crippen LogP contribution in [0.4, 0.5) is 4.39 Å². The van der Waals surface area contributed by atoms with Crippen LogP contribution < -0.4 is 0 Å². The van der Waals surface area contributed by atoms with Crippen molar-refractivity contribution in [1.82, 2.24) is 0 Å². The van der Waals surface area contributed by atoms with Crippen LogP contribution in [0.15, 0.2) is 28.8 Å². The van der Waals surface area contributed by atoms with E-state index in [9.17, 15) is 4.39 Å². The van der Waals surface area contributed by atoms with Crippen LogP contribution in [0.5, 0.6) is 0 Å². The van der Waals surface area contributed by atoms with Gasteiger partial charge >= 0.3 is 0 Å². The highest BCUT2D eigenvalue weighted by atomic mass is 79.9. The van der Waals surface area contributed by atoms with E-state index in [-0.39, 0.29) is 4.48 Å². The first kappa shape index (κ1) is 7.56. The summed E-state index contributed by atoms with van der Waals surface area (Å²) in [5.74, 6) is -0.639. The Bertz CT molecular complexity index is 139. The summed E-state index contributed by atoms with van der Waals surface area (Å²) in [5, 5.41) is 0. The third-order valence-electron chi connectivity index (χ3n) is 0.428. The van der Waals surface area contributed by atoms with Gasteiger partial charge < -0.3 is 0 Å². The van der Waals surface area contributed by atoms with E-state index in [0.717, 1.165) is 6.20 Å². The van der Waals surface area contributed by atoms with Crippen molar-refractivity contribution in [3.8, 4) is 0 Å². The molecule has 0 aromatic rings. The number of hydrogen-bond donors (Lipinski definition) is 0. The summed E-state index contributed by atoms with van der Waals surface area (Å²) < 4.78 is 12.2. The fraction of sp³-hybridized carbons (Fsp3) is 0. The molecule has 0 heterocycles. The number of hydrogen-bond acceptors (Lipinski definition) is 1. The van der Waals surface area contributed by atoms with Gasteiger partial charge in [0.2, 0.25) is 5.97 Å². The van der Waals surface area contributed by atoms with Crippen molar-refractivity contribution in [3.63, 3.8) is 0 Å². The van der Waals surface area contributed by atoms with Gasteiger partial charge in [0.1, 0.15) is 0 Å². The summed E-state index contributed by atoms with van der Waals surface area (Å²) in [6.45, 7) is 6.43. The van der Waals surface area contributed by atoms with Crippen molar-refractivity contribution < 1.29 is 4.39 Å². The molecule has 0 aromatic carbocycles. The smallest absolute Gasteiger partial charge is 0.226 e. The van der Waals surface area contributed by atoms with Crippen LogP contribution in [-0.4, -0.2) is 5.97 Å². The Labute approximate surface area is 55.7 Å². The fourth-order valence-corrected chi connectivity index (χ4v) is 0.253. The molecule has 0 rings (SSSR count). The Morgan fingerprint density at radius 1 is 1.75 bits per heavy atom. The van der Waals surface area contributed by atoms with Crippen molar-refractivity contribution in [2.24, 2.45) is 4.99 Å². The van der Waals surface area contributed by atoms with Gasteiger partial charge in [-0.2, -0.15) is 4.39 Å². The van der Waals surface area contributed by atoms with Gasteiger partial charge in [0.05, 0.1) is 4.48 Å². The largest absolute Gasteiger partial charge is 0.228 e. The van der Waals surface area contributed by atoms with Crippen LogP contribution in [0, 0.1) is 0 Å². The van der Waals surface area contributed by atoms with E-state index in [0.29, 0.717) is 0 Å². The lowest BCUT2D eigenvalue weighted by Crippen LogP contribution is -1.82. The molecule has 0 spiro atoms. The molecular weight excluding hydrogens is 173 g/mol. The predicted molar refractivity (Wildman–Crippen MR) is 36.8 cm³/mol. The van der Waals surface area contributed by atoms with Crippen LogP contribution >= 0.6 is 15.9 Å². The zero-order valence-corrected chi connectivity index (χ0v) is 5.78. The lowest BCUT2D eigenvalue weighted by Gasteiger charge is -1.84. The SMILES string of the molecule is C=CN=C(F)C(=C)Br. The van der Waals surface area contributed by atoms with Crippen LogP contribution in [0.1, 0.15) is 0 Å². The molecule has 8 heavy (non-hydrogen) atoms. The molecule has 44 valence electrons. The molecule has 0 bridgehead atoms. The third-order valence-corrected chi connectivity index (χ3v) is 0.756. The molecule has 0 N–H and O–H groups in total. The van der Waals surface area contributed by atoms with Gasteiger partial charge in [-0.1, -0.05) is 13.2 Å². The van der Waals surface area contributed by atoms with Gasteiger partial charge in [-0.05, 0) is 15.9 Å². The number of aliphatic imine (C=N–C) groups is 1. The lowest BCUT2D eigenvalue weighted by molar-refractivity contribution is 0.812. The minimum Gasteiger partial charge on any atom is -0.228 e. The molecule has 0 aliphatic carbocycles. The minimum absolute atomic E-state index is 0.136. The average molecular weight is 178 g/mol. The Kier molecular flexibility index (Phi) is 3.35. The predicted octanol–water partition coefficient (Wildman–Crippen LogP) is 2.41. The second-order valence-electron chi connectivity index (χ2n) is 1.01. The van der Waals surface area contributed by atoms with Crippen LogP contribution in [0.2, 0.25) is 0 Å².